The van der Waals surface area contributed by atoms with E-state index in [2.05, 4.69) is 5.32 Å². The van der Waals surface area contributed by atoms with Crippen LogP contribution < -0.4 is 5.32 Å². The first-order valence-electron chi connectivity index (χ1n) is 5.62. The molecule has 0 amide bonds. The Balaban J connectivity index is 2.20. The van der Waals surface area contributed by atoms with Crippen molar-refractivity contribution in [2.45, 2.75) is 6.54 Å². The lowest BCUT2D eigenvalue weighted by atomic mass is 10.2. The largest absolute Gasteiger partial charge is 0.505 e. The van der Waals surface area contributed by atoms with E-state index in [1.807, 2.05) is 0 Å². The topological polar surface area (TPSA) is 75.4 Å². The molecule has 0 fully saturated rings. The van der Waals surface area contributed by atoms with Crippen LogP contribution in [0.15, 0.2) is 36.4 Å². The highest BCUT2D eigenvalue weighted by atomic mass is 19.1. The summed E-state index contributed by atoms with van der Waals surface area (Å²) in [6, 6.07) is 6.75. The van der Waals surface area contributed by atoms with Crippen LogP contribution >= 0.6 is 0 Å². The molecular formula is C13H10F2N2O3. The lowest BCUT2D eigenvalue weighted by Gasteiger charge is -2.08. The molecule has 2 aromatic carbocycles. The molecule has 5 nitrogen and oxygen atoms in total. The van der Waals surface area contributed by atoms with Crippen LogP contribution in [0.1, 0.15) is 5.56 Å². The first kappa shape index (κ1) is 13.7. The molecule has 0 aliphatic heterocycles. The van der Waals surface area contributed by atoms with Gasteiger partial charge in [0, 0.05) is 18.7 Å². The molecule has 0 atom stereocenters. The van der Waals surface area contributed by atoms with Crippen LogP contribution in [0.2, 0.25) is 0 Å². The number of rotatable bonds is 4. The normalized spacial score (nSPS) is 10.3. The molecular weight excluding hydrogens is 270 g/mol. The zero-order valence-corrected chi connectivity index (χ0v) is 10.1. The molecule has 0 saturated heterocycles. The molecule has 0 aliphatic rings. The number of halogens is 2. The van der Waals surface area contributed by atoms with Crippen molar-refractivity contribution in [3.63, 3.8) is 0 Å². The van der Waals surface area contributed by atoms with E-state index in [0.29, 0.717) is 5.56 Å². The van der Waals surface area contributed by atoms with Crippen LogP contribution in [0.5, 0.6) is 5.75 Å². The molecule has 0 aliphatic carbocycles. The van der Waals surface area contributed by atoms with Gasteiger partial charge in [0.1, 0.15) is 11.5 Å². The summed E-state index contributed by atoms with van der Waals surface area (Å²) in [6.45, 7) is 0.0570. The minimum atomic E-state index is -0.793. The number of hydrogen-bond donors (Lipinski definition) is 2. The third-order valence-electron chi connectivity index (χ3n) is 2.65. The summed E-state index contributed by atoms with van der Waals surface area (Å²) in [5.74, 6) is -1.89. The van der Waals surface area contributed by atoms with E-state index in [0.717, 1.165) is 24.3 Å². The SMILES string of the molecule is O=[N+]([O-])c1ccc(F)cc1NCc1ccc(O)c(F)c1. The maximum Gasteiger partial charge on any atom is 0.292 e. The van der Waals surface area contributed by atoms with Crippen LogP contribution in [0.25, 0.3) is 0 Å². The summed E-state index contributed by atoms with van der Waals surface area (Å²) in [4.78, 5) is 10.2. The summed E-state index contributed by atoms with van der Waals surface area (Å²) >= 11 is 0. The Morgan fingerprint density at radius 2 is 1.95 bits per heavy atom. The number of nitro benzene ring substituents is 1. The van der Waals surface area contributed by atoms with Gasteiger partial charge in [-0.15, -0.1) is 0 Å². The van der Waals surface area contributed by atoms with Gasteiger partial charge in [-0.05, 0) is 23.8 Å². The fourth-order valence-corrected chi connectivity index (χ4v) is 1.67. The molecule has 0 spiro atoms. The summed E-state index contributed by atoms with van der Waals surface area (Å²) in [6.07, 6.45) is 0. The highest BCUT2D eigenvalue weighted by Gasteiger charge is 2.14. The number of hydrogen-bond acceptors (Lipinski definition) is 4. The van der Waals surface area contributed by atoms with Crippen molar-refractivity contribution in [3.8, 4) is 5.75 Å². The van der Waals surface area contributed by atoms with Crippen LogP contribution in [0, 0.1) is 21.7 Å². The summed E-state index contributed by atoms with van der Waals surface area (Å²) in [5, 5.41) is 22.5. The average molecular weight is 280 g/mol. The second-order valence-corrected chi connectivity index (χ2v) is 4.06. The van der Waals surface area contributed by atoms with Crippen molar-refractivity contribution >= 4 is 11.4 Å². The second kappa shape index (κ2) is 5.52. The number of nitro groups is 1. The third kappa shape index (κ3) is 3.00. The van der Waals surface area contributed by atoms with Gasteiger partial charge in [0.15, 0.2) is 11.6 Å². The quantitative estimate of drug-likeness (QED) is 0.666. The fourth-order valence-electron chi connectivity index (χ4n) is 1.67. The Bertz CT molecular complexity index is 662. The number of nitrogens with one attached hydrogen (secondary N) is 1. The van der Waals surface area contributed by atoms with Gasteiger partial charge < -0.3 is 10.4 Å². The summed E-state index contributed by atoms with van der Waals surface area (Å²) in [7, 11) is 0. The Morgan fingerprint density at radius 1 is 1.20 bits per heavy atom. The van der Waals surface area contributed by atoms with Crippen molar-refractivity contribution in [1.29, 1.82) is 0 Å². The van der Waals surface area contributed by atoms with Gasteiger partial charge in [0.25, 0.3) is 5.69 Å². The van der Waals surface area contributed by atoms with Crippen molar-refractivity contribution in [2.75, 3.05) is 5.32 Å². The molecule has 0 radical (unpaired) electrons. The van der Waals surface area contributed by atoms with Gasteiger partial charge in [0.05, 0.1) is 4.92 Å². The molecule has 2 rings (SSSR count). The summed E-state index contributed by atoms with van der Waals surface area (Å²) < 4.78 is 26.2. The lowest BCUT2D eigenvalue weighted by molar-refractivity contribution is -0.384. The van der Waals surface area contributed by atoms with Crippen molar-refractivity contribution in [1.82, 2.24) is 0 Å². The van der Waals surface area contributed by atoms with Gasteiger partial charge in [-0.2, -0.15) is 0 Å². The Labute approximate surface area is 112 Å². The predicted molar refractivity (Wildman–Crippen MR) is 68.4 cm³/mol. The van der Waals surface area contributed by atoms with E-state index in [1.54, 1.807) is 0 Å². The molecule has 20 heavy (non-hydrogen) atoms. The molecule has 0 saturated carbocycles. The van der Waals surface area contributed by atoms with Gasteiger partial charge >= 0.3 is 0 Å². The molecule has 0 heterocycles. The molecule has 0 bridgehead atoms. The van der Waals surface area contributed by atoms with Crippen molar-refractivity contribution in [3.05, 3.63) is 63.7 Å². The van der Waals surface area contributed by atoms with Gasteiger partial charge in [0.2, 0.25) is 0 Å². The molecule has 104 valence electrons. The number of benzene rings is 2. The van der Waals surface area contributed by atoms with E-state index < -0.39 is 22.3 Å². The zero-order valence-electron chi connectivity index (χ0n) is 10.1. The minimum Gasteiger partial charge on any atom is -0.505 e. The minimum absolute atomic E-state index is 0.00323. The van der Waals surface area contributed by atoms with Crippen molar-refractivity contribution in [2.24, 2.45) is 0 Å². The van der Waals surface area contributed by atoms with Crippen LogP contribution in [0.3, 0.4) is 0 Å². The first-order valence-corrected chi connectivity index (χ1v) is 5.62. The zero-order chi connectivity index (χ0) is 14.7. The highest BCUT2D eigenvalue weighted by molar-refractivity contribution is 5.61. The Morgan fingerprint density at radius 3 is 2.60 bits per heavy atom. The molecule has 7 heteroatoms. The summed E-state index contributed by atoms with van der Waals surface area (Å²) in [5.41, 5.74) is 0.188. The maximum absolute atomic E-state index is 13.1. The smallest absolute Gasteiger partial charge is 0.292 e. The molecule has 2 N–H and O–H groups in total. The Kier molecular flexibility index (Phi) is 3.79. The number of phenolic OH excluding ortho intramolecular Hbond substituents is 1. The monoisotopic (exact) mass is 280 g/mol. The maximum atomic E-state index is 13.1. The molecule has 0 aromatic heterocycles. The van der Waals surface area contributed by atoms with E-state index in [-0.39, 0.29) is 17.9 Å². The van der Waals surface area contributed by atoms with Gasteiger partial charge in [-0.25, -0.2) is 8.78 Å². The van der Waals surface area contributed by atoms with Gasteiger partial charge in [-0.3, -0.25) is 10.1 Å². The standard InChI is InChI=1S/C13H10F2N2O3/c14-9-2-3-12(17(19)20)11(6-9)16-7-8-1-4-13(18)10(15)5-8/h1-6,16,18H,7H2. The van der Waals surface area contributed by atoms with E-state index >= 15 is 0 Å². The lowest BCUT2D eigenvalue weighted by Crippen LogP contribution is -2.03. The number of aromatic hydroxyl groups is 1. The number of anilines is 1. The Hall–Kier alpha value is -2.70. The third-order valence-corrected chi connectivity index (χ3v) is 2.65. The second-order valence-electron chi connectivity index (χ2n) is 4.06. The fraction of sp³-hybridized carbons (Fsp3) is 0.0769. The van der Waals surface area contributed by atoms with Gasteiger partial charge in [-0.1, -0.05) is 6.07 Å². The first-order chi connectivity index (χ1) is 9.47. The van der Waals surface area contributed by atoms with Crippen LogP contribution in [0.4, 0.5) is 20.2 Å². The number of phenols is 1. The average Bonchev–Trinajstić information content (AvgIpc) is 2.40. The predicted octanol–water partition coefficient (Wildman–Crippen LogP) is 3.19. The van der Waals surface area contributed by atoms with Crippen LogP contribution in [-0.2, 0) is 6.54 Å². The number of nitrogens with zero attached hydrogens (tertiary/aromatic N) is 1. The van der Waals surface area contributed by atoms with Crippen LogP contribution in [-0.4, -0.2) is 10.0 Å². The van der Waals surface area contributed by atoms with E-state index in [4.69, 9.17) is 5.11 Å². The molecule has 0 unspecified atom stereocenters. The van der Waals surface area contributed by atoms with E-state index in [1.165, 1.54) is 12.1 Å². The van der Waals surface area contributed by atoms with E-state index in [9.17, 15) is 18.9 Å². The van der Waals surface area contributed by atoms with Crippen molar-refractivity contribution < 1.29 is 18.8 Å². The highest BCUT2D eigenvalue weighted by Crippen LogP contribution is 2.26. The molecule has 2 aromatic rings.